The highest BCUT2D eigenvalue weighted by atomic mass is 79.9. The number of nitrogens with one attached hydrogen (secondary N) is 2. The lowest BCUT2D eigenvalue weighted by Gasteiger charge is -2.28. The molecule has 4 rings (SSSR count). The predicted molar refractivity (Wildman–Crippen MR) is 139 cm³/mol. The first kappa shape index (κ1) is 27.6. The molecule has 0 bridgehead atoms. The molecule has 0 saturated carbocycles. The van der Waals surface area contributed by atoms with E-state index >= 15 is 0 Å². The van der Waals surface area contributed by atoms with Gasteiger partial charge in [-0.05, 0) is 116 Å². The van der Waals surface area contributed by atoms with Crippen molar-refractivity contribution >= 4 is 47.6 Å². The van der Waals surface area contributed by atoms with E-state index in [0.29, 0.717) is 25.1 Å². The smallest absolute Gasteiger partial charge is 0.506 e. The van der Waals surface area contributed by atoms with Crippen LogP contribution in [-0.2, 0) is 22.9 Å². The Morgan fingerprint density at radius 3 is 2.35 bits per heavy atom. The maximum absolute atomic E-state index is 12.9. The molecule has 0 radical (unpaired) electrons. The molecule has 3 aromatic rings. The number of benzene rings is 3. The SMILES string of the molecule is COc1c(Br)cc(CC2NCCc3cc(O)c(NS(=O)(=O)c4ccc(OC(F)(F)F)cc4)cc32)cc1Br. The van der Waals surface area contributed by atoms with Gasteiger partial charge in [0.25, 0.3) is 10.0 Å². The zero-order valence-electron chi connectivity index (χ0n) is 19.2. The van der Waals surface area contributed by atoms with Crippen molar-refractivity contribution in [2.24, 2.45) is 0 Å². The first-order valence-electron chi connectivity index (χ1n) is 10.9. The van der Waals surface area contributed by atoms with Gasteiger partial charge in [-0.2, -0.15) is 0 Å². The summed E-state index contributed by atoms with van der Waals surface area (Å²) in [6.07, 6.45) is -3.68. The quantitative estimate of drug-likeness (QED) is 0.266. The van der Waals surface area contributed by atoms with Crippen molar-refractivity contribution in [1.29, 1.82) is 0 Å². The zero-order valence-corrected chi connectivity index (χ0v) is 23.2. The van der Waals surface area contributed by atoms with E-state index in [1.54, 1.807) is 13.2 Å². The fourth-order valence-corrected chi connectivity index (χ4v) is 6.80. The monoisotopic (exact) mass is 664 g/mol. The first-order chi connectivity index (χ1) is 17.4. The van der Waals surface area contributed by atoms with Crippen LogP contribution >= 0.6 is 31.9 Å². The number of phenols is 1. The number of alkyl halides is 3. The number of ether oxygens (including phenoxy) is 2. The molecule has 7 nitrogen and oxygen atoms in total. The van der Waals surface area contributed by atoms with Gasteiger partial charge in [-0.1, -0.05) is 0 Å². The summed E-state index contributed by atoms with van der Waals surface area (Å²) in [5.41, 5.74) is 2.64. The van der Waals surface area contributed by atoms with Crippen LogP contribution in [0.15, 0.2) is 62.4 Å². The molecule has 3 N–H and O–H groups in total. The average Bonchev–Trinajstić information content (AvgIpc) is 2.79. The third-order valence-electron chi connectivity index (χ3n) is 5.73. The van der Waals surface area contributed by atoms with E-state index in [9.17, 15) is 26.7 Å². The average molecular weight is 666 g/mol. The van der Waals surface area contributed by atoms with Crippen LogP contribution in [0.2, 0.25) is 0 Å². The van der Waals surface area contributed by atoms with E-state index in [4.69, 9.17) is 4.74 Å². The van der Waals surface area contributed by atoms with Crippen molar-refractivity contribution in [2.75, 3.05) is 18.4 Å². The summed E-state index contributed by atoms with van der Waals surface area (Å²) in [6, 6.07) is 10.6. The molecular formula is C24H21Br2F3N2O5S. The van der Waals surface area contributed by atoms with Gasteiger partial charge in [0.05, 0.1) is 26.6 Å². The Hall–Kier alpha value is -2.48. The van der Waals surface area contributed by atoms with E-state index in [2.05, 4.69) is 46.6 Å². The van der Waals surface area contributed by atoms with Crippen molar-refractivity contribution < 1.29 is 36.2 Å². The molecule has 0 spiro atoms. The van der Waals surface area contributed by atoms with E-state index in [-0.39, 0.29) is 22.4 Å². The Bertz CT molecular complexity index is 1390. The van der Waals surface area contributed by atoms with Crippen molar-refractivity contribution in [3.05, 3.63) is 74.2 Å². The minimum atomic E-state index is -4.89. The Morgan fingerprint density at radius 1 is 1.11 bits per heavy atom. The Kier molecular flexibility index (Phi) is 7.98. The summed E-state index contributed by atoms with van der Waals surface area (Å²) in [6.45, 7) is 0.674. The summed E-state index contributed by atoms with van der Waals surface area (Å²) in [5.74, 6) is -0.135. The lowest BCUT2D eigenvalue weighted by atomic mass is 9.89. The number of rotatable bonds is 7. The van der Waals surface area contributed by atoms with Crippen molar-refractivity contribution in [2.45, 2.75) is 30.1 Å². The lowest BCUT2D eigenvalue weighted by Crippen LogP contribution is -2.31. The van der Waals surface area contributed by atoms with Crippen molar-refractivity contribution in [3.63, 3.8) is 0 Å². The fraction of sp³-hybridized carbons (Fsp3) is 0.250. The maximum atomic E-state index is 12.9. The zero-order chi connectivity index (χ0) is 27.0. The number of fused-ring (bicyclic) bond motifs is 1. The van der Waals surface area contributed by atoms with E-state index < -0.39 is 22.1 Å². The predicted octanol–water partition coefficient (Wildman–Crippen LogP) is 6.05. The normalized spacial score (nSPS) is 15.7. The van der Waals surface area contributed by atoms with Gasteiger partial charge in [-0.25, -0.2) is 8.42 Å². The maximum Gasteiger partial charge on any atom is 0.573 e. The van der Waals surface area contributed by atoms with Crippen LogP contribution in [0.5, 0.6) is 17.2 Å². The Balaban J connectivity index is 1.60. The number of methoxy groups -OCH3 is 1. The van der Waals surface area contributed by atoms with Crippen LogP contribution in [-0.4, -0.2) is 33.5 Å². The van der Waals surface area contributed by atoms with Crippen LogP contribution < -0.4 is 19.5 Å². The minimum Gasteiger partial charge on any atom is -0.506 e. The summed E-state index contributed by atoms with van der Waals surface area (Å²) >= 11 is 7.00. The summed E-state index contributed by atoms with van der Waals surface area (Å²) < 4.78 is 76.0. The van der Waals surface area contributed by atoms with Crippen LogP contribution in [0.25, 0.3) is 0 Å². The highest BCUT2D eigenvalue weighted by Crippen LogP contribution is 2.38. The molecule has 1 heterocycles. The molecule has 1 atom stereocenters. The highest BCUT2D eigenvalue weighted by molar-refractivity contribution is 9.11. The number of anilines is 1. The third-order valence-corrected chi connectivity index (χ3v) is 8.29. The number of hydrogen-bond donors (Lipinski definition) is 3. The molecule has 0 aliphatic carbocycles. The molecule has 3 aromatic carbocycles. The summed E-state index contributed by atoms with van der Waals surface area (Å²) in [4.78, 5) is -0.290. The number of phenolic OH excluding ortho intramolecular Hbond substituents is 1. The molecule has 0 saturated heterocycles. The van der Waals surface area contributed by atoms with Crippen LogP contribution in [0, 0.1) is 0 Å². The van der Waals surface area contributed by atoms with Gasteiger partial charge in [0.1, 0.15) is 17.2 Å². The van der Waals surface area contributed by atoms with Gasteiger partial charge in [0.2, 0.25) is 0 Å². The Labute approximate surface area is 228 Å². The molecular weight excluding hydrogens is 645 g/mol. The lowest BCUT2D eigenvalue weighted by molar-refractivity contribution is -0.274. The van der Waals surface area contributed by atoms with Gasteiger partial charge < -0.3 is 19.9 Å². The molecule has 37 heavy (non-hydrogen) atoms. The topological polar surface area (TPSA) is 96.9 Å². The first-order valence-corrected chi connectivity index (χ1v) is 13.9. The molecule has 13 heteroatoms. The van der Waals surface area contributed by atoms with E-state index in [1.165, 1.54) is 6.07 Å². The number of hydrogen-bond acceptors (Lipinski definition) is 6. The molecule has 1 unspecified atom stereocenters. The molecule has 0 fully saturated rings. The van der Waals surface area contributed by atoms with Gasteiger partial charge in [0.15, 0.2) is 0 Å². The molecule has 0 aromatic heterocycles. The standard InChI is InChI=1S/C24H21Br2F3N2O5S/c1-35-23-18(25)8-13(9-19(23)26)10-20-17-12-21(22(32)11-14(17)6-7-30-20)31-37(33,34)16-4-2-15(3-5-16)36-24(27,28)29/h2-5,8-9,11-12,20,30-32H,6-7,10H2,1H3. The molecule has 1 aliphatic rings. The van der Waals surface area contributed by atoms with Gasteiger partial charge in [0, 0.05) is 6.04 Å². The van der Waals surface area contributed by atoms with Crippen LogP contribution in [0.1, 0.15) is 22.7 Å². The van der Waals surface area contributed by atoms with Crippen LogP contribution in [0.4, 0.5) is 18.9 Å². The van der Waals surface area contributed by atoms with Crippen molar-refractivity contribution in [1.82, 2.24) is 5.32 Å². The second-order valence-electron chi connectivity index (χ2n) is 8.25. The second-order valence-corrected chi connectivity index (χ2v) is 11.6. The molecule has 0 amide bonds. The van der Waals surface area contributed by atoms with E-state index in [1.807, 2.05) is 12.1 Å². The number of aromatic hydroxyl groups is 1. The minimum absolute atomic E-state index is 0.0415. The number of halogens is 5. The van der Waals surface area contributed by atoms with Crippen LogP contribution in [0.3, 0.4) is 0 Å². The number of sulfonamides is 1. The summed E-state index contributed by atoms with van der Waals surface area (Å²) in [5, 5.41) is 14.0. The van der Waals surface area contributed by atoms with Gasteiger partial charge >= 0.3 is 6.36 Å². The Morgan fingerprint density at radius 2 is 1.76 bits per heavy atom. The third kappa shape index (κ3) is 6.51. The summed E-state index contributed by atoms with van der Waals surface area (Å²) in [7, 11) is -2.64. The second kappa shape index (κ2) is 10.7. The fourth-order valence-electron chi connectivity index (χ4n) is 4.13. The van der Waals surface area contributed by atoms with E-state index in [0.717, 1.165) is 49.9 Å². The molecule has 198 valence electrons. The van der Waals surface area contributed by atoms with Gasteiger partial charge in [-0.15, -0.1) is 13.2 Å². The van der Waals surface area contributed by atoms with Gasteiger partial charge in [-0.3, -0.25) is 4.72 Å². The largest absolute Gasteiger partial charge is 0.573 e. The van der Waals surface area contributed by atoms with Crippen molar-refractivity contribution in [3.8, 4) is 17.2 Å². The highest BCUT2D eigenvalue weighted by Gasteiger charge is 2.31. The molecule has 1 aliphatic heterocycles.